The zero-order chi connectivity index (χ0) is 12.5. The highest BCUT2D eigenvalue weighted by Crippen LogP contribution is 2.41. The Balaban J connectivity index is 3.51. The first-order valence-corrected chi connectivity index (χ1v) is 6.94. The van der Waals surface area contributed by atoms with E-state index in [1.54, 1.807) is 7.11 Å². The summed E-state index contributed by atoms with van der Waals surface area (Å²) in [6, 6.07) is 1.86. The van der Waals surface area contributed by atoms with Crippen molar-refractivity contribution in [1.82, 2.24) is 0 Å². The van der Waals surface area contributed by atoms with E-state index in [4.69, 9.17) is 4.74 Å². The van der Waals surface area contributed by atoms with Gasteiger partial charge < -0.3 is 4.74 Å². The molecule has 90 valence electrons. The minimum Gasteiger partial charge on any atom is -0.495 e. The fourth-order valence-corrected chi connectivity index (χ4v) is 3.01. The predicted octanol–water partition coefficient (Wildman–Crippen LogP) is 4.89. The van der Waals surface area contributed by atoms with Crippen LogP contribution in [0.25, 0.3) is 0 Å². The monoisotopic (exact) mass is 400 g/mol. The summed E-state index contributed by atoms with van der Waals surface area (Å²) in [6.07, 6.45) is 0.970. The van der Waals surface area contributed by atoms with Gasteiger partial charge in [-0.15, -0.1) is 0 Å². The molecule has 16 heavy (non-hydrogen) atoms. The SMILES string of the molecule is CCC(C)(C)c1cc(I)c(F)c(Br)c1OC. The van der Waals surface area contributed by atoms with Crippen molar-refractivity contribution in [3.05, 3.63) is 25.5 Å². The molecule has 1 rings (SSSR count). The quantitative estimate of drug-likeness (QED) is 0.518. The van der Waals surface area contributed by atoms with Gasteiger partial charge in [-0.05, 0) is 56.4 Å². The molecular weight excluding hydrogens is 386 g/mol. The van der Waals surface area contributed by atoms with Crippen molar-refractivity contribution < 1.29 is 9.13 Å². The second kappa shape index (κ2) is 5.21. The molecule has 0 aliphatic rings. The Morgan fingerprint density at radius 2 is 2.06 bits per heavy atom. The van der Waals surface area contributed by atoms with Crippen LogP contribution in [0.1, 0.15) is 32.8 Å². The fraction of sp³-hybridized carbons (Fsp3) is 0.500. The zero-order valence-corrected chi connectivity index (χ0v) is 13.6. The number of halogens is 3. The lowest BCUT2D eigenvalue weighted by Gasteiger charge is -2.26. The molecule has 0 atom stereocenters. The van der Waals surface area contributed by atoms with Gasteiger partial charge in [-0.25, -0.2) is 4.39 Å². The Labute approximate surface area is 118 Å². The average molecular weight is 401 g/mol. The molecule has 0 aromatic heterocycles. The first-order valence-electron chi connectivity index (χ1n) is 5.07. The summed E-state index contributed by atoms with van der Waals surface area (Å²) in [5.74, 6) is 0.345. The third-order valence-electron chi connectivity index (χ3n) is 2.93. The number of methoxy groups -OCH3 is 1. The molecule has 0 amide bonds. The molecule has 0 bridgehead atoms. The summed E-state index contributed by atoms with van der Waals surface area (Å²) >= 11 is 5.26. The second-order valence-electron chi connectivity index (χ2n) is 4.30. The van der Waals surface area contributed by atoms with Crippen molar-refractivity contribution in [2.75, 3.05) is 7.11 Å². The van der Waals surface area contributed by atoms with Crippen molar-refractivity contribution >= 4 is 38.5 Å². The van der Waals surface area contributed by atoms with Crippen LogP contribution >= 0.6 is 38.5 Å². The van der Waals surface area contributed by atoms with Gasteiger partial charge in [0.15, 0.2) is 5.82 Å². The van der Waals surface area contributed by atoms with Gasteiger partial charge in [0.2, 0.25) is 0 Å². The lowest BCUT2D eigenvalue weighted by Crippen LogP contribution is -2.17. The van der Waals surface area contributed by atoms with E-state index in [0.29, 0.717) is 13.8 Å². The minimum atomic E-state index is -0.256. The molecule has 0 heterocycles. The lowest BCUT2D eigenvalue weighted by molar-refractivity contribution is 0.382. The number of hydrogen-bond acceptors (Lipinski definition) is 1. The molecule has 1 aromatic carbocycles. The van der Waals surface area contributed by atoms with E-state index < -0.39 is 0 Å². The first kappa shape index (κ1) is 14.2. The highest BCUT2D eigenvalue weighted by Gasteiger charge is 2.26. The maximum absolute atomic E-state index is 13.7. The Hall–Kier alpha value is 0.160. The molecule has 0 radical (unpaired) electrons. The smallest absolute Gasteiger partial charge is 0.154 e. The summed E-state index contributed by atoms with van der Waals surface area (Å²) in [7, 11) is 1.57. The van der Waals surface area contributed by atoms with E-state index in [2.05, 4.69) is 36.7 Å². The fourth-order valence-electron chi connectivity index (χ4n) is 1.47. The highest BCUT2D eigenvalue weighted by atomic mass is 127. The normalized spacial score (nSPS) is 11.7. The van der Waals surface area contributed by atoms with Crippen LogP contribution in [0, 0.1) is 9.39 Å². The standard InChI is InChI=1S/C12H15BrFIO/c1-5-12(2,3)7-6-8(15)10(14)9(13)11(7)16-4/h6H,5H2,1-4H3. The number of ether oxygens (including phenoxy) is 1. The average Bonchev–Trinajstić information content (AvgIpc) is 2.25. The molecule has 1 aromatic rings. The van der Waals surface area contributed by atoms with Crippen LogP contribution in [0.15, 0.2) is 10.5 Å². The third-order valence-corrected chi connectivity index (χ3v) is 4.43. The molecule has 0 saturated heterocycles. The van der Waals surface area contributed by atoms with Crippen LogP contribution < -0.4 is 4.74 Å². The van der Waals surface area contributed by atoms with Crippen LogP contribution in [0.4, 0.5) is 4.39 Å². The van der Waals surface area contributed by atoms with E-state index >= 15 is 0 Å². The Kier molecular flexibility index (Phi) is 4.63. The number of hydrogen-bond donors (Lipinski definition) is 0. The maximum Gasteiger partial charge on any atom is 0.154 e. The van der Waals surface area contributed by atoms with Gasteiger partial charge in [-0.2, -0.15) is 0 Å². The topological polar surface area (TPSA) is 9.23 Å². The minimum absolute atomic E-state index is 0.0263. The Morgan fingerprint density at radius 3 is 2.50 bits per heavy atom. The number of benzene rings is 1. The van der Waals surface area contributed by atoms with E-state index in [-0.39, 0.29) is 11.2 Å². The summed E-state index contributed by atoms with van der Waals surface area (Å²) in [6.45, 7) is 6.38. The summed E-state index contributed by atoms with van der Waals surface area (Å²) in [4.78, 5) is 0. The van der Waals surface area contributed by atoms with Gasteiger partial charge in [0.05, 0.1) is 15.2 Å². The molecule has 0 saturated carbocycles. The molecule has 0 unspecified atom stereocenters. The van der Waals surface area contributed by atoms with Crippen LogP contribution in [0.2, 0.25) is 0 Å². The summed E-state index contributed by atoms with van der Waals surface area (Å²) < 4.78 is 20.1. The molecule has 0 fully saturated rings. The molecular formula is C12H15BrFIO. The molecule has 4 heteroatoms. The second-order valence-corrected chi connectivity index (χ2v) is 6.26. The summed E-state index contributed by atoms with van der Waals surface area (Å²) in [5.41, 5.74) is 1.01. The van der Waals surface area contributed by atoms with Crippen LogP contribution in [0.3, 0.4) is 0 Å². The lowest BCUT2D eigenvalue weighted by atomic mass is 9.81. The van der Waals surface area contributed by atoms with Crippen molar-refractivity contribution in [1.29, 1.82) is 0 Å². The van der Waals surface area contributed by atoms with E-state index in [9.17, 15) is 4.39 Å². The summed E-state index contributed by atoms with van der Waals surface area (Å²) in [5, 5.41) is 0. The van der Waals surface area contributed by atoms with E-state index in [0.717, 1.165) is 12.0 Å². The van der Waals surface area contributed by atoms with Gasteiger partial charge in [0.1, 0.15) is 5.75 Å². The molecule has 0 aliphatic heterocycles. The van der Waals surface area contributed by atoms with Crippen molar-refractivity contribution in [2.45, 2.75) is 32.6 Å². The van der Waals surface area contributed by atoms with Gasteiger partial charge in [0.25, 0.3) is 0 Å². The van der Waals surface area contributed by atoms with Crippen molar-refractivity contribution in [3.8, 4) is 5.75 Å². The Morgan fingerprint density at radius 1 is 1.50 bits per heavy atom. The largest absolute Gasteiger partial charge is 0.495 e. The highest BCUT2D eigenvalue weighted by molar-refractivity contribution is 14.1. The van der Waals surface area contributed by atoms with E-state index in [1.165, 1.54) is 0 Å². The molecule has 1 nitrogen and oxygen atoms in total. The predicted molar refractivity (Wildman–Crippen MR) is 76.7 cm³/mol. The zero-order valence-electron chi connectivity index (χ0n) is 9.83. The first-order chi connectivity index (χ1) is 7.35. The van der Waals surface area contributed by atoms with Crippen molar-refractivity contribution in [2.24, 2.45) is 0 Å². The van der Waals surface area contributed by atoms with Crippen LogP contribution in [-0.2, 0) is 5.41 Å². The maximum atomic E-state index is 13.7. The van der Waals surface area contributed by atoms with Gasteiger partial charge >= 0.3 is 0 Å². The third kappa shape index (κ3) is 2.53. The van der Waals surface area contributed by atoms with Gasteiger partial charge in [0, 0.05) is 5.56 Å². The molecule has 0 N–H and O–H groups in total. The Bertz CT molecular complexity index is 404. The molecule has 0 spiro atoms. The van der Waals surface area contributed by atoms with Crippen molar-refractivity contribution in [3.63, 3.8) is 0 Å². The number of rotatable bonds is 3. The van der Waals surface area contributed by atoms with Gasteiger partial charge in [-0.3, -0.25) is 0 Å². The van der Waals surface area contributed by atoms with Gasteiger partial charge in [-0.1, -0.05) is 20.8 Å². The molecule has 0 aliphatic carbocycles. The van der Waals surface area contributed by atoms with Crippen LogP contribution in [0.5, 0.6) is 5.75 Å². The van der Waals surface area contributed by atoms with Crippen LogP contribution in [-0.4, -0.2) is 7.11 Å². The van der Waals surface area contributed by atoms with E-state index in [1.807, 2.05) is 28.7 Å².